The van der Waals surface area contributed by atoms with Gasteiger partial charge in [0.25, 0.3) is 0 Å². The lowest BCUT2D eigenvalue weighted by molar-refractivity contribution is 0.0123. The van der Waals surface area contributed by atoms with Crippen LogP contribution in [0, 0.1) is 11.6 Å². The fraction of sp³-hybridized carbons (Fsp3) is 0.286. The molecule has 208 valence electrons. The molecule has 3 aromatic carbocycles. The van der Waals surface area contributed by atoms with Gasteiger partial charge in [-0.05, 0) is 36.2 Å². The molecular weight excluding hydrogens is 530 g/mol. The number of carbonyl (C=O) groups is 2. The van der Waals surface area contributed by atoms with E-state index in [1.165, 1.54) is 26.2 Å². The topological polar surface area (TPSA) is 105 Å². The third-order valence-electron chi connectivity index (χ3n) is 7.24. The van der Waals surface area contributed by atoms with Gasteiger partial charge in [-0.1, -0.05) is 6.07 Å². The van der Waals surface area contributed by atoms with Gasteiger partial charge in [-0.3, -0.25) is 0 Å². The maximum absolute atomic E-state index is 14.5. The number of esters is 1. The van der Waals surface area contributed by atoms with Crippen LogP contribution < -0.4 is 29.0 Å². The van der Waals surface area contributed by atoms with Crippen molar-refractivity contribution < 1.29 is 46.8 Å². The summed E-state index contributed by atoms with van der Waals surface area (Å²) >= 11 is 0. The Morgan fingerprint density at radius 3 is 2.55 bits per heavy atom. The summed E-state index contributed by atoms with van der Waals surface area (Å²) in [4.78, 5) is 28.4. The largest absolute Gasteiger partial charge is 0.493 e. The number of benzene rings is 3. The van der Waals surface area contributed by atoms with Gasteiger partial charge < -0.3 is 38.6 Å². The van der Waals surface area contributed by atoms with E-state index in [1.54, 1.807) is 12.1 Å². The van der Waals surface area contributed by atoms with Crippen LogP contribution in [0.1, 0.15) is 39.2 Å². The van der Waals surface area contributed by atoms with Crippen molar-refractivity contribution in [1.82, 2.24) is 4.90 Å². The van der Waals surface area contributed by atoms with Crippen molar-refractivity contribution in [3.63, 3.8) is 0 Å². The Morgan fingerprint density at radius 2 is 1.82 bits per heavy atom. The Balaban J connectivity index is 1.50. The number of methoxy groups -OCH3 is 3. The lowest BCUT2D eigenvalue weighted by Crippen LogP contribution is -2.45. The molecule has 3 aliphatic heterocycles. The van der Waals surface area contributed by atoms with Crippen LogP contribution in [-0.4, -0.2) is 51.6 Å². The summed E-state index contributed by atoms with van der Waals surface area (Å²) in [7, 11) is 4.33. The van der Waals surface area contributed by atoms with E-state index in [0.717, 1.165) is 17.7 Å². The fourth-order valence-electron chi connectivity index (χ4n) is 5.53. The van der Waals surface area contributed by atoms with E-state index in [4.69, 9.17) is 28.4 Å². The van der Waals surface area contributed by atoms with Crippen molar-refractivity contribution in [1.29, 1.82) is 0 Å². The average molecular weight is 555 g/mol. The van der Waals surface area contributed by atoms with Crippen LogP contribution in [0.4, 0.5) is 19.3 Å². The number of amides is 2. The molecule has 0 bridgehead atoms. The molecule has 3 heterocycles. The Labute approximate surface area is 227 Å². The van der Waals surface area contributed by atoms with Crippen LogP contribution in [0.2, 0.25) is 0 Å². The van der Waals surface area contributed by atoms with Crippen LogP contribution in [-0.2, 0) is 11.2 Å². The molecule has 3 aliphatic rings. The smallest absolute Gasteiger partial charge is 0.343 e. The number of anilines is 1. The minimum atomic E-state index is -1.00. The highest BCUT2D eigenvalue weighted by Gasteiger charge is 2.48. The van der Waals surface area contributed by atoms with Gasteiger partial charge in [0.05, 0.1) is 27.0 Å². The highest BCUT2D eigenvalue weighted by molar-refractivity contribution is 5.98. The van der Waals surface area contributed by atoms with Crippen molar-refractivity contribution in [3.05, 3.63) is 70.3 Å². The molecule has 6 rings (SSSR count). The van der Waals surface area contributed by atoms with E-state index in [1.807, 2.05) is 6.07 Å². The first-order chi connectivity index (χ1) is 19.4. The highest BCUT2D eigenvalue weighted by atomic mass is 19.1. The minimum absolute atomic E-state index is 0.00839. The summed E-state index contributed by atoms with van der Waals surface area (Å²) in [6.45, 7) is 0.164. The molecule has 10 nitrogen and oxygen atoms in total. The van der Waals surface area contributed by atoms with Crippen molar-refractivity contribution in [2.24, 2.45) is 0 Å². The summed E-state index contributed by atoms with van der Waals surface area (Å²) in [5.74, 6) is -0.655. The normalized spacial score (nSPS) is 18.5. The Hall–Kier alpha value is -4.74. The van der Waals surface area contributed by atoms with Gasteiger partial charge in [0.1, 0.15) is 23.2 Å². The standard InChI is InChI=1S/C28H24F2N2O8/c1-35-18-7-5-15-21(24(18)36-2)27(33)40-23(15)22-20-13(10-19-25(26(20)37-3)39-12-38-19)8-9-32(22)28(34)31-17-6-4-14(29)11-16(17)30/h4-7,10-11,22-23H,8-9,12H2,1-3H3,(H,31,34). The monoisotopic (exact) mass is 554 g/mol. The second-order valence-corrected chi connectivity index (χ2v) is 9.25. The SMILES string of the molecule is COc1ccc2c(c1OC)C(=O)OC2C1c2c(cc3c(c2OC)OCO3)CCN1C(=O)Nc1ccc(F)cc1F. The fourth-order valence-corrected chi connectivity index (χ4v) is 5.53. The number of cyclic esters (lactones) is 1. The number of hydrogen-bond acceptors (Lipinski definition) is 8. The quantitative estimate of drug-likeness (QED) is 0.450. The number of nitrogens with one attached hydrogen (secondary N) is 1. The van der Waals surface area contributed by atoms with E-state index in [-0.39, 0.29) is 30.3 Å². The zero-order valence-corrected chi connectivity index (χ0v) is 21.7. The third-order valence-corrected chi connectivity index (χ3v) is 7.24. The number of halogens is 2. The number of carbonyl (C=O) groups excluding carboxylic acids is 2. The molecule has 0 saturated heterocycles. The zero-order chi connectivity index (χ0) is 28.1. The third kappa shape index (κ3) is 3.90. The molecule has 2 amide bonds. The Bertz CT molecular complexity index is 1550. The summed E-state index contributed by atoms with van der Waals surface area (Å²) in [6.07, 6.45) is -0.614. The molecule has 0 spiro atoms. The van der Waals surface area contributed by atoms with Crippen LogP contribution >= 0.6 is 0 Å². The van der Waals surface area contributed by atoms with Gasteiger partial charge in [0, 0.05) is 23.7 Å². The van der Waals surface area contributed by atoms with E-state index < -0.39 is 35.8 Å². The van der Waals surface area contributed by atoms with Crippen LogP contribution in [0.25, 0.3) is 0 Å². The number of ether oxygens (including phenoxy) is 6. The van der Waals surface area contributed by atoms with Gasteiger partial charge >= 0.3 is 12.0 Å². The molecule has 0 aliphatic carbocycles. The van der Waals surface area contributed by atoms with Gasteiger partial charge in [-0.2, -0.15) is 0 Å². The number of hydrogen-bond donors (Lipinski definition) is 1. The molecule has 2 atom stereocenters. The molecular formula is C28H24F2N2O8. The molecule has 0 saturated carbocycles. The number of rotatable bonds is 5. The van der Waals surface area contributed by atoms with E-state index >= 15 is 0 Å². The van der Waals surface area contributed by atoms with Crippen LogP contribution in [0.5, 0.6) is 28.7 Å². The molecule has 1 N–H and O–H groups in total. The Morgan fingerprint density at radius 1 is 1.02 bits per heavy atom. The summed E-state index contributed by atoms with van der Waals surface area (Å²) in [5.41, 5.74) is 1.78. The summed E-state index contributed by atoms with van der Waals surface area (Å²) < 4.78 is 61.8. The molecule has 2 unspecified atom stereocenters. The average Bonchev–Trinajstić information content (AvgIpc) is 3.56. The van der Waals surface area contributed by atoms with Crippen molar-refractivity contribution >= 4 is 17.7 Å². The van der Waals surface area contributed by atoms with Gasteiger partial charge in [-0.25, -0.2) is 18.4 Å². The van der Waals surface area contributed by atoms with Crippen molar-refractivity contribution in [2.45, 2.75) is 18.6 Å². The van der Waals surface area contributed by atoms with Gasteiger partial charge in [0.2, 0.25) is 12.5 Å². The molecule has 0 aromatic heterocycles. The highest BCUT2D eigenvalue weighted by Crippen LogP contribution is 2.55. The number of urea groups is 1. The number of nitrogens with zero attached hydrogens (tertiary/aromatic N) is 1. The molecule has 40 heavy (non-hydrogen) atoms. The molecule has 3 aromatic rings. The summed E-state index contributed by atoms with van der Waals surface area (Å²) in [6, 6.07) is 6.37. The predicted octanol–water partition coefficient (Wildman–Crippen LogP) is 4.76. The summed E-state index contributed by atoms with van der Waals surface area (Å²) in [5, 5.41) is 2.52. The van der Waals surface area contributed by atoms with E-state index in [9.17, 15) is 18.4 Å². The molecule has 0 fully saturated rings. The molecule has 0 radical (unpaired) electrons. The maximum atomic E-state index is 14.5. The van der Waals surface area contributed by atoms with Crippen LogP contribution in [0.3, 0.4) is 0 Å². The predicted molar refractivity (Wildman–Crippen MR) is 135 cm³/mol. The Kier molecular flexibility index (Phi) is 6.24. The second kappa shape index (κ2) is 9.78. The van der Waals surface area contributed by atoms with E-state index in [0.29, 0.717) is 46.6 Å². The first-order valence-corrected chi connectivity index (χ1v) is 12.3. The van der Waals surface area contributed by atoms with Gasteiger partial charge in [-0.15, -0.1) is 0 Å². The van der Waals surface area contributed by atoms with Gasteiger partial charge in [0.15, 0.2) is 29.1 Å². The second-order valence-electron chi connectivity index (χ2n) is 9.25. The minimum Gasteiger partial charge on any atom is -0.493 e. The number of fused-ring (bicyclic) bond motifs is 3. The van der Waals surface area contributed by atoms with Crippen LogP contribution in [0.15, 0.2) is 36.4 Å². The maximum Gasteiger partial charge on any atom is 0.343 e. The first-order valence-electron chi connectivity index (χ1n) is 12.3. The van der Waals surface area contributed by atoms with Crippen molar-refractivity contribution in [3.8, 4) is 28.7 Å². The zero-order valence-electron chi connectivity index (χ0n) is 21.7. The van der Waals surface area contributed by atoms with Crippen molar-refractivity contribution in [2.75, 3.05) is 40.0 Å². The lowest BCUT2D eigenvalue weighted by Gasteiger charge is -2.40. The lowest BCUT2D eigenvalue weighted by atomic mass is 9.85. The first kappa shape index (κ1) is 25.5. The van der Waals surface area contributed by atoms with E-state index in [2.05, 4.69) is 5.32 Å². The molecule has 12 heteroatoms.